The van der Waals surface area contributed by atoms with Gasteiger partial charge in [0.1, 0.15) is 11.9 Å². The lowest BCUT2D eigenvalue weighted by Gasteiger charge is -2.25. The van der Waals surface area contributed by atoms with Gasteiger partial charge in [0.05, 0.1) is 5.57 Å². The third-order valence-corrected chi connectivity index (χ3v) is 4.35. The molecule has 0 fully saturated rings. The Morgan fingerprint density at radius 3 is 2.68 bits per heavy atom. The molecule has 0 aliphatic carbocycles. The summed E-state index contributed by atoms with van der Waals surface area (Å²) in [6.07, 6.45) is 2.76. The number of carboxylic acid groups (broad SMARTS) is 1. The van der Waals surface area contributed by atoms with Gasteiger partial charge in [0.15, 0.2) is 0 Å². The number of fused-ring (bicyclic) bond motifs is 1. The second-order valence-electron chi connectivity index (χ2n) is 5.22. The van der Waals surface area contributed by atoms with Crippen LogP contribution in [0.25, 0.3) is 6.08 Å². The van der Waals surface area contributed by atoms with Crippen LogP contribution in [0.1, 0.15) is 17.5 Å². The number of carbonyl (C=O) groups is 1. The fourth-order valence-electron chi connectivity index (χ4n) is 2.57. The molecule has 0 amide bonds. The maximum Gasteiger partial charge on any atom is 0.335 e. The third kappa shape index (κ3) is 3.32. The van der Waals surface area contributed by atoms with Crippen LogP contribution in [-0.4, -0.2) is 17.2 Å². The highest BCUT2D eigenvalue weighted by atomic mass is 127. The average molecular weight is 406 g/mol. The minimum Gasteiger partial charge on any atom is -0.485 e. The molecule has 1 aliphatic heterocycles. The summed E-state index contributed by atoms with van der Waals surface area (Å²) in [6.45, 7) is 0. The van der Waals surface area contributed by atoms with Crippen molar-refractivity contribution in [3.63, 3.8) is 0 Å². The molecular weight excluding hydrogens is 391 g/mol. The van der Waals surface area contributed by atoms with Crippen molar-refractivity contribution in [1.82, 2.24) is 0 Å². The van der Waals surface area contributed by atoms with Gasteiger partial charge in [-0.1, -0.05) is 30.3 Å². The van der Waals surface area contributed by atoms with Gasteiger partial charge in [-0.3, -0.25) is 0 Å². The van der Waals surface area contributed by atoms with Crippen LogP contribution in [0, 0.1) is 3.57 Å². The molecule has 112 valence electrons. The second kappa shape index (κ2) is 6.52. The normalized spacial score (nSPS) is 16.4. The van der Waals surface area contributed by atoms with E-state index in [9.17, 15) is 9.90 Å². The number of hydrogen-bond donors (Lipinski definition) is 1. The quantitative estimate of drug-likeness (QED) is 0.777. The molecule has 1 unspecified atom stereocenters. The number of aliphatic carboxylic acids is 1. The fraction of sp³-hybridized carbons (Fsp3) is 0.167. The third-order valence-electron chi connectivity index (χ3n) is 3.68. The molecule has 1 aliphatic rings. The fourth-order valence-corrected chi connectivity index (χ4v) is 3.09. The predicted molar refractivity (Wildman–Crippen MR) is 94.0 cm³/mol. The van der Waals surface area contributed by atoms with E-state index in [1.54, 1.807) is 6.08 Å². The largest absolute Gasteiger partial charge is 0.485 e. The van der Waals surface area contributed by atoms with Crippen molar-refractivity contribution in [3.8, 4) is 5.75 Å². The Balaban J connectivity index is 1.83. The highest BCUT2D eigenvalue weighted by Gasteiger charge is 2.27. The van der Waals surface area contributed by atoms with Crippen molar-refractivity contribution in [2.24, 2.45) is 0 Å². The molecule has 1 atom stereocenters. The van der Waals surface area contributed by atoms with Crippen LogP contribution >= 0.6 is 22.6 Å². The Labute approximate surface area is 142 Å². The zero-order valence-electron chi connectivity index (χ0n) is 11.8. The van der Waals surface area contributed by atoms with E-state index in [2.05, 4.69) is 22.6 Å². The molecule has 0 aromatic heterocycles. The first-order valence-corrected chi connectivity index (χ1v) is 8.16. The SMILES string of the molecule is O=C(O)C1=Cc2cc(I)ccc2OC1CCc1ccccc1. The topological polar surface area (TPSA) is 46.5 Å². The van der Waals surface area contributed by atoms with Gasteiger partial charge in [-0.2, -0.15) is 0 Å². The summed E-state index contributed by atoms with van der Waals surface area (Å²) in [5.74, 6) is -0.161. The van der Waals surface area contributed by atoms with Gasteiger partial charge in [-0.25, -0.2) is 4.79 Å². The summed E-state index contributed by atoms with van der Waals surface area (Å²) in [7, 11) is 0. The van der Waals surface area contributed by atoms with Gasteiger partial charge in [0.25, 0.3) is 0 Å². The summed E-state index contributed by atoms with van der Waals surface area (Å²) in [5.41, 5.74) is 2.34. The summed E-state index contributed by atoms with van der Waals surface area (Å²) < 4.78 is 6.99. The average Bonchev–Trinajstić information content (AvgIpc) is 2.53. The molecule has 3 rings (SSSR count). The summed E-state index contributed by atoms with van der Waals surface area (Å²) in [5, 5.41) is 9.45. The van der Waals surface area contributed by atoms with Gasteiger partial charge in [0.2, 0.25) is 0 Å². The molecule has 0 spiro atoms. The molecule has 4 heteroatoms. The van der Waals surface area contributed by atoms with Gasteiger partial charge in [-0.15, -0.1) is 0 Å². The van der Waals surface area contributed by atoms with E-state index in [1.807, 2.05) is 48.5 Å². The molecule has 0 radical (unpaired) electrons. The maximum absolute atomic E-state index is 11.5. The van der Waals surface area contributed by atoms with Crippen LogP contribution < -0.4 is 4.74 Å². The van der Waals surface area contributed by atoms with Crippen molar-refractivity contribution in [3.05, 3.63) is 68.8 Å². The van der Waals surface area contributed by atoms with Crippen LogP contribution in [0.4, 0.5) is 0 Å². The van der Waals surface area contributed by atoms with E-state index < -0.39 is 12.1 Å². The van der Waals surface area contributed by atoms with E-state index in [4.69, 9.17) is 4.74 Å². The lowest BCUT2D eigenvalue weighted by Crippen LogP contribution is -2.27. The molecule has 2 aromatic rings. The second-order valence-corrected chi connectivity index (χ2v) is 6.46. The zero-order chi connectivity index (χ0) is 15.5. The van der Waals surface area contributed by atoms with Crippen molar-refractivity contribution < 1.29 is 14.6 Å². The Morgan fingerprint density at radius 1 is 1.18 bits per heavy atom. The minimum atomic E-state index is -0.914. The molecule has 3 nitrogen and oxygen atoms in total. The zero-order valence-corrected chi connectivity index (χ0v) is 14.0. The van der Waals surface area contributed by atoms with Gasteiger partial charge < -0.3 is 9.84 Å². The Morgan fingerprint density at radius 2 is 1.95 bits per heavy atom. The number of carboxylic acids is 1. The lowest BCUT2D eigenvalue weighted by molar-refractivity contribution is -0.133. The van der Waals surface area contributed by atoms with E-state index in [1.165, 1.54) is 5.56 Å². The Hall–Kier alpha value is -1.82. The smallest absolute Gasteiger partial charge is 0.335 e. The molecular formula is C18H15IO3. The molecule has 0 saturated carbocycles. The first kappa shape index (κ1) is 15.1. The Bertz CT molecular complexity index is 722. The van der Waals surface area contributed by atoms with Crippen molar-refractivity contribution >= 4 is 34.6 Å². The van der Waals surface area contributed by atoms with E-state index in [0.29, 0.717) is 12.0 Å². The summed E-state index contributed by atoms with van der Waals surface area (Å²) >= 11 is 2.21. The number of rotatable bonds is 4. The van der Waals surface area contributed by atoms with Gasteiger partial charge >= 0.3 is 5.97 Å². The monoisotopic (exact) mass is 406 g/mol. The van der Waals surface area contributed by atoms with Crippen LogP contribution in [0.2, 0.25) is 0 Å². The van der Waals surface area contributed by atoms with E-state index in [0.717, 1.165) is 21.3 Å². The van der Waals surface area contributed by atoms with Crippen molar-refractivity contribution in [1.29, 1.82) is 0 Å². The number of benzene rings is 2. The van der Waals surface area contributed by atoms with Gasteiger partial charge in [0, 0.05) is 9.13 Å². The van der Waals surface area contributed by atoms with Crippen LogP contribution in [0.3, 0.4) is 0 Å². The maximum atomic E-state index is 11.5. The standard InChI is InChI=1S/C18H15IO3/c19-14-7-9-16-13(10-14)11-15(18(20)21)17(22-16)8-6-12-4-2-1-3-5-12/h1-5,7,9-11,17H,6,8H2,(H,20,21). The molecule has 22 heavy (non-hydrogen) atoms. The molecule has 1 N–H and O–H groups in total. The van der Waals surface area contributed by atoms with Crippen molar-refractivity contribution in [2.75, 3.05) is 0 Å². The highest BCUT2D eigenvalue weighted by Crippen LogP contribution is 2.32. The summed E-state index contributed by atoms with van der Waals surface area (Å²) in [6, 6.07) is 15.8. The molecule has 0 bridgehead atoms. The first-order valence-electron chi connectivity index (χ1n) is 7.08. The minimum absolute atomic E-state index is 0.324. The lowest BCUT2D eigenvalue weighted by atomic mass is 9.96. The first-order chi connectivity index (χ1) is 10.6. The molecule has 0 saturated heterocycles. The number of halogens is 1. The molecule has 1 heterocycles. The van der Waals surface area contributed by atoms with Crippen LogP contribution in [-0.2, 0) is 11.2 Å². The van der Waals surface area contributed by atoms with Crippen molar-refractivity contribution in [2.45, 2.75) is 18.9 Å². The number of ether oxygens (including phenoxy) is 1. The Kier molecular flexibility index (Phi) is 4.47. The molecule has 2 aromatic carbocycles. The highest BCUT2D eigenvalue weighted by molar-refractivity contribution is 14.1. The van der Waals surface area contributed by atoms with E-state index >= 15 is 0 Å². The van der Waals surface area contributed by atoms with E-state index in [-0.39, 0.29) is 0 Å². The van der Waals surface area contributed by atoms with Crippen LogP contribution in [0.5, 0.6) is 5.75 Å². The van der Waals surface area contributed by atoms with Crippen LogP contribution in [0.15, 0.2) is 54.1 Å². The summed E-state index contributed by atoms with van der Waals surface area (Å²) in [4.78, 5) is 11.5. The number of aryl methyl sites for hydroxylation is 1. The number of hydrogen-bond acceptors (Lipinski definition) is 2. The predicted octanol–water partition coefficient (Wildman–Crippen LogP) is 4.15. The van der Waals surface area contributed by atoms with Gasteiger partial charge in [-0.05, 0) is 65.3 Å².